The maximum Gasteiger partial charge on any atom is 0.491 e. The molecular formula is C11H15N7O7. The van der Waals surface area contributed by atoms with Gasteiger partial charge in [-0.15, -0.1) is 4.68 Å². The van der Waals surface area contributed by atoms with E-state index in [0.717, 1.165) is 15.9 Å². The number of nitrogens with two attached hydrogens (primary N) is 1. The van der Waals surface area contributed by atoms with E-state index in [4.69, 9.17) is 15.6 Å². The molecule has 2 aliphatic rings. The first-order valence-electron chi connectivity index (χ1n) is 7.04. The molecule has 1 saturated heterocycles. The number of nitrogens with one attached hydrogen (secondary N) is 1. The summed E-state index contributed by atoms with van der Waals surface area (Å²) >= 11 is 0. The predicted molar refractivity (Wildman–Crippen MR) is 76.1 cm³/mol. The highest BCUT2D eigenvalue weighted by Gasteiger charge is 2.48. The van der Waals surface area contributed by atoms with Crippen molar-refractivity contribution < 1.29 is 29.8 Å². The quantitative estimate of drug-likeness (QED) is 0.269. The predicted octanol–water partition coefficient (Wildman–Crippen LogP) is -3.27. The van der Waals surface area contributed by atoms with Crippen LogP contribution in [0.3, 0.4) is 0 Å². The van der Waals surface area contributed by atoms with E-state index >= 15 is 0 Å². The van der Waals surface area contributed by atoms with Crippen molar-refractivity contribution in [2.75, 3.05) is 6.61 Å². The molecule has 14 heteroatoms. The molecule has 3 rings (SSSR count). The molecular weight excluding hydrogens is 342 g/mol. The topological polar surface area (TPSA) is 202 Å². The second-order valence-electron chi connectivity index (χ2n) is 5.45. The van der Waals surface area contributed by atoms with E-state index in [0.29, 0.717) is 0 Å². The lowest BCUT2D eigenvalue weighted by Gasteiger charge is -2.36. The number of carbonyl (C=O) groups excluding carboxylic acids is 1. The molecule has 1 unspecified atom stereocenters. The Bertz CT molecular complexity index is 723. The second-order valence-corrected chi connectivity index (χ2v) is 5.45. The lowest BCUT2D eigenvalue weighted by molar-refractivity contribution is -0.394. The van der Waals surface area contributed by atoms with Gasteiger partial charge in [-0.2, -0.15) is 0 Å². The third-order valence-electron chi connectivity index (χ3n) is 3.84. The number of aromatic nitrogens is 3. The number of hydrogen-bond donors (Lipinski definition) is 5. The van der Waals surface area contributed by atoms with Crippen molar-refractivity contribution in [2.45, 2.75) is 30.3 Å². The molecule has 25 heavy (non-hydrogen) atoms. The van der Waals surface area contributed by atoms with Crippen LogP contribution in [0.25, 0.3) is 0 Å². The van der Waals surface area contributed by atoms with Gasteiger partial charge in [0.2, 0.25) is 12.1 Å². The minimum atomic E-state index is -1.73. The molecule has 0 radical (unpaired) electrons. The Labute approximate surface area is 139 Å². The van der Waals surface area contributed by atoms with Gasteiger partial charge in [0, 0.05) is 11.3 Å². The van der Waals surface area contributed by atoms with Crippen LogP contribution in [-0.4, -0.2) is 77.1 Å². The SMILES string of the molecule is NC1(n2cnc([N+](=O)[O-])n2)C=CN([C@@H]2O[C@H](CO)[C@@H](O)[C@@H]2O)C(=O)N1. The molecule has 0 spiro atoms. The van der Waals surface area contributed by atoms with Crippen molar-refractivity contribution >= 4 is 12.0 Å². The number of ether oxygens (including phenoxy) is 1. The Kier molecular flexibility index (Phi) is 4.13. The third kappa shape index (κ3) is 2.81. The fourth-order valence-corrected chi connectivity index (χ4v) is 2.50. The average molecular weight is 357 g/mol. The van der Waals surface area contributed by atoms with E-state index in [1.165, 1.54) is 12.3 Å². The van der Waals surface area contributed by atoms with Crippen molar-refractivity contribution in [1.29, 1.82) is 0 Å². The maximum atomic E-state index is 12.3. The number of hydrogen-bond acceptors (Lipinski definition) is 10. The number of rotatable bonds is 4. The largest absolute Gasteiger partial charge is 0.491 e. The van der Waals surface area contributed by atoms with Crippen LogP contribution in [0.15, 0.2) is 18.6 Å². The van der Waals surface area contributed by atoms with Crippen LogP contribution in [0.5, 0.6) is 0 Å². The Morgan fingerprint density at radius 3 is 2.72 bits per heavy atom. The summed E-state index contributed by atoms with van der Waals surface area (Å²) in [6.45, 7) is -0.544. The van der Waals surface area contributed by atoms with Gasteiger partial charge in [-0.3, -0.25) is 16.0 Å². The zero-order valence-electron chi connectivity index (χ0n) is 12.5. The van der Waals surface area contributed by atoms with E-state index in [1.54, 1.807) is 0 Å². The Morgan fingerprint density at radius 2 is 2.20 bits per heavy atom. The summed E-state index contributed by atoms with van der Waals surface area (Å²) in [6.07, 6.45) is -1.75. The fourth-order valence-electron chi connectivity index (χ4n) is 2.50. The summed E-state index contributed by atoms with van der Waals surface area (Å²) in [6, 6.07) is -0.821. The molecule has 1 aromatic heterocycles. The molecule has 3 heterocycles. The van der Waals surface area contributed by atoms with Gasteiger partial charge in [0.1, 0.15) is 18.3 Å². The third-order valence-corrected chi connectivity index (χ3v) is 3.84. The first-order valence-corrected chi connectivity index (χ1v) is 7.04. The van der Waals surface area contributed by atoms with Gasteiger partial charge in [0.25, 0.3) is 0 Å². The Morgan fingerprint density at radius 1 is 1.48 bits per heavy atom. The number of carbonyl (C=O) groups is 1. The highest BCUT2D eigenvalue weighted by Crippen LogP contribution is 2.26. The Balaban J connectivity index is 1.82. The van der Waals surface area contributed by atoms with Crippen molar-refractivity contribution in [3.8, 4) is 0 Å². The smallest absolute Gasteiger partial charge is 0.394 e. The van der Waals surface area contributed by atoms with Crippen molar-refractivity contribution in [1.82, 2.24) is 25.0 Å². The van der Waals surface area contributed by atoms with E-state index in [1.807, 2.05) is 0 Å². The molecule has 6 N–H and O–H groups in total. The van der Waals surface area contributed by atoms with Crippen LogP contribution in [0.1, 0.15) is 0 Å². The van der Waals surface area contributed by atoms with Crippen molar-refractivity contribution in [2.24, 2.45) is 5.73 Å². The molecule has 0 saturated carbocycles. The summed E-state index contributed by atoms with van der Waals surface area (Å²) in [5, 5.41) is 45.3. The minimum Gasteiger partial charge on any atom is -0.394 e. The second kappa shape index (κ2) is 6.01. The molecule has 5 atom stereocenters. The number of aliphatic hydroxyl groups excluding tert-OH is 3. The van der Waals surface area contributed by atoms with Crippen LogP contribution in [0.2, 0.25) is 0 Å². The first-order chi connectivity index (χ1) is 11.8. The number of nitro groups is 1. The minimum absolute atomic E-state index is 0.544. The molecule has 2 aliphatic heterocycles. The number of aliphatic hydroxyl groups is 3. The van der Waals surface area contributed by atoms with Crippen molar-refractivity contribution in [3.05, 3.63) is 28.7 Å². The van der Waals surface area contributed by atoms with Gasteiger partial charge in [0.05, 0.1) is 6.61 Å². The van der Waals surface area contributed by atoms with Gasteiger partial charge in [-0.05, 0) is 11.0 Å². The number of urea groups is 1. The molecule has 1 aromatic rings. The maximum absolute atomic E-state index is 12.3. The normalized spacial score (nSPS) is 35.0. The molecule has 0 bridgehead atoms. The first kappa shape index (κ1) is 17.2. The van der Waals surface area contributed by atoms with E-state index in [2.05, 4.69) is 15.4 Å². The van der Waals surface area contributed by atoms with E-state index in [9.17, 15) is 25.1 Å². The molecule has 0 aliphatic carbocycles. The molecule has 136 valence electrons. The van der Waals surface area contributed by atoms with Crippen LogP contribution >= 0.6 is 0 Å². The fraction of sp³-hybridized carbons (Fsp3) is 0.545. The molecule has 14 nitrogen and oxygen atoms in total. The highest BCUT2D eigenvalue weighted by atomic mass is 16.6. The lowest BCUT2D eigenvalue weighted by Crippen LogP contribution is -2.63. The summed E-state index contributed by atoms with van der Waals surface area (Å²) in [4.78, 5) is 26.5. The summed E-state index contributed by atoms with van der Waals surface area (Å²) in [7, 11) is 0. The number of nitrogens with zero attached hydrogens (tertiary/aromatic N) is 5. The van der Waals surface area contributed by atoms with Crippen LogP contribution in [-0.2, 0) is 10.5 Å². The van der Waals surface area contributed by atoms with Crippen LogP contribution in [0, 0.1) is 10.1 Å². The number of amides is 2. The summed E-state index contributed by atoms with van der Waals surface area (Å²) in [5.74, 6) is -2.42. The Hall–Kier alpha value is -2.65. The van der Waals surface area contributed by atoms with Gasteiger partial charge in [-0.1, -0.05) is 4.98 Å². The van der Waals surface area contributed by atoms with Gasteiger partial charge in [0.15, 0.2) is 6.23 Å². The molecule has 2 amide bonds. The van der Waals surface area contributed by atoms with E-state index < -0.39 is 53.8 Å². The zero-order chi connectivity index (χ0) is 18.4. The standard InChI is InChI=1S/C11H15N7O7/c12-11(17-4-13-9(15-17)18(23)24)1-2-16(10(22)14-11)8-7(21)6(20)5(3-19)25-8/h1-2,4-8,19-21H,3,12H2,(H,14,22)/t5-,6-,7+,8-,11?/m1/s1. The average Bonchev–Trinajstić information content (AvgIpc) is 3.16. The van der Waals surface area contributed by atoms with Gasteiger partial charge < -0.3 is 30.2 Å². The zero-order valence-corrected chi connectivity index (χ0v) is 12.5. The molecule has 0 aromatic carbocycles. The van der Waals surface area contributed by atoms with E-state index in [-0.39, 0.29) is 0 Å². The molecule has 1 fully saturated rings. The lowest BCUT2D eigenvalue weighted by atomic mass is 10.1. The van der Waals surface area contributed by atoms with Crippen LogP contribution in [0.4, 0.5) is 10.7 Å². The van der Waals surface area contributed by atoms with Gasteiger partial charge in [-0.25, -0.2) is 4.79 Å². The monoisotopic (exact) mass is 357 g/mol. The van der Waals surface area contributed by atoms with Crippen LogP contribution < -0.4 is 11.1 Å². The highest BCUT2D eigenvalue weighted by molar-refractivity contribution is 5.77. The summed E-state index contributed by atoms with van der Waals surface area (Å²) < 4.78 is 6.14. The summed E-state index contributed by atoms with van der Waals surface area (Å²) in [5.41, 5.74) is 5.96. The van der Waals surface area contributed by atoms with Crippen molar-refractivity contribution in [3.63, 3.8) is 0 Å². The van der Waals surface area contributed by atoms with Gasteiger partial charge >= 0.3 is 12.0 Å².